The molecule has 0 radical (unpaired) electrons. The summed E-state index contributed by atoms with van der Waals surface area (Å²) < 4.78 is 0. The molecule has 0 saturated carbocycles. The summed E-state index contributed by atoms with van der Waals surface area (Å²) in [5.74, 6) is 0.286. The molecule has 1 amide bonds. The van der Waals surface area contributed by atoms with Crippen LogP contribution in [0.15, 0.2) is 30.3 Å². The summed E-state index contributed by atoms with van der Waals surface area (Å²) in [7, 11) is 2.00. The van der Waals surface area contributed by atoms with E-state index < -0.39 is 0 Å². The van der Waals surface area contributed by atoms with Gasteiger partial charge in [0.15, 0.2) is 0 Å². The molecule has 1 N–H and O–H groups in total. The van der Waals surface area contributed by atoms with Crippen molar-refractivity contribution in [3.8, 4) is 0 Å². The van der Waals surface area contributed by atoms with Gasteiger partial charge in [0.1, 0.15) is 0 Å². The van der Waals surface area contributed by atoms with E-state index in [0.29, 0.717) is 12.5 Å². The number of likely N-dealkylation sites (tertiary alicyclic amines) is 1. The van der Waals surface area contributed by atoms with Crippen LogP contribution < -0.4 is 5.32 Å². The molecule has 1 heterocycles. The van der Waals surface area contributed by atoms with E-state index in [4.69, 9.17) is 0 Å². The zero-order valence-corrected chi connectivity index (χ0v) is 14.1. The van der Waals surface area contributed by atoms with Crippen LogP contribution in [0.1, 0.15) is 38.7 Å². The van der Waals surface area contributed by atoms with E-state index in [1.807, 2.05) is 30.1 Å². The summed E-state index contributed by atoms with van der Waals surface area (Å²) in [5, 5.41) is 3.30. The lowest BCUT2D eigenvalue weighted by atomic mass is 9.81. The maximum Gasteiger partial charge on any atom is 0.223 e. The molecule has 0 aliphatic carbocycles. The fourth-order valence-corrected chi connectivity index (χ4v) is 2.90. The van der Waals surface area contributed by atoms with Crippen molar-refractivity contribution in [3.05, 3.63) is 35.9 Å². The zero-order chi connectivity index (χ0) is 14.6. The van der Waals surface area contributed by atoms with Crippen molar-refractivity contribution in [1.29, 1.82) is 0 Å². The van der Waals surface area contributed by atoms with E-state index >= 15 is 0 Å². The molecule has 1 aromatic rings. The second kappa shape index (κ2) is 7.81. The van der Waals surface area contributed by atoms with Gasteiger partial charge >= 0.3 is 0 Å². The minimum atomic E-state index is -0.0990. The molecule has 1 aliphatic rings. The Bertz CT molecular complexity index is 439. The van der Waals surface area contributed by atoms with Crippen molar-refractivity contribution < 1.29 is 4.79 Å². The summed E-state index contributed by atoms with van der Waals surface area (Å²) in [4.78, 5) is 14.5. The molecular weight excluding hydrogens is 284 g/mol. The van der Waals surface area contributed by atoms with E-state index in [1.54, 1.807) is 0 Å². The number of halogens is 1. The topological polar surface area (TPSA) is 32.3 Å². The van der Waals surface area contributed by atoms with Crippen LogP contribution in [0.5, 0.6) is 0 Å². The first-order chi connectivity index (χ1) is 9.53. The third-order valence-electron chi connectivity index (χ3n) is 4.40. The Hall–Kier alpha value is -1.06. The molecule has 0 bridgehead atoms. The van der Waals surface area contributed by atoms with Crippen LogP contribution >= 0.6 is 12.4 Å². The Labute approximate surface area is 134 Å². The molecule has 2 rings (SSSR count). The van der Waals surface area contributed by atoms with Crippen LogP contribution in [0.25, 0.3) is 0 Å². The van der Waals surface area contributed by atoms with Crippen molar-refractivity contribution in [2.75, 3.05) is 20.1 Å². The molecule has 0 spiro atoms. The highest BCUT2D eigenvalue weighted by atomic mass is 35.5. The maximum absolute atomic E-state index is 12.5. The summed E-state index contributed by atoms with van der Waals surface area (Å²) in [6, 6.07) is 10.9. The average Bonchev–Trinajstić information content (AvgIpc) is 2.48. The molecule has 1 aliphatic heterocycles. The third kappa shape index (κ3) is 4.72. The number of hydrogen-bond acceptors (Lipinski definition) is 2. The predicted molar refractivity (Wildman–Crippen MR) is 90.0 cm³/mol. The summed E-state index contributed by atoms with van der Waals surface area (Å²) in [6.45, 7) is 6.07. The number of carbonyl (C=O) groups excluding carboxylic acids is 1. The molecule has 1 saturated heterocycles. The number of amides is 1. The Kier molecular flexibility index (Phi) is 6.69. The van der Waals surface area contributed by atoms with Gasteiger partial charge in [0, 0.05) is 25.6 Å². The smallest absolute Gasteiger partial charge is 0.223 e. The molecule has 1 aromatic carbocycles. The summed E-state index contributed by atoms with van der Waals surface area (Å²) >= 11 is 0. The van der Waals surface area contributed by atoms with Crippen molar-refractivity contribution in [2.24, 2.45) is 0 Å². The highest BCUT2D eigenvalue weighted by Gasteiger charge is 2.28. The van der Waals surface area contributed by atoms with E-state index in [-0.39, 0.29) is 23.7 Å². The van der Waals surface area contributed by atoms with Gasteiger partial charge in [-0.2, -0.15) is 0 Å². The van der Waals surface area contributed by atoms with Gasteiger partial charge in [-0.25, -0.2) is 0 Å². The van der Waals surface area contributed by atoms with Crippen molar-refractivity contribution >= 4 is 18.3 Å². The number of nitrogens with one attached hydrogen (secondary N) is 1. The Morgan fingerprint density at radius 3 is 2.33 bits per heavy atom. The lowest BCUT2D eigenvalue weighted by Gasteiger charge is -2.34. The van der Waals surface area contributed by atoms with E-state index in [0.717, 1.165) is 25.9 Å². The second-order valence-electron chi connectivity index (χ2n) is 6.37. The van der Waals surface area contributed by atoms with Crippen LogP contribution in [0.3, 0.4) is 0 Å². The molecule has 0 unspecified atom stereocenters. The van der Waals surface area contributed by atoms with Gasteiger partial charge in [-0.1, -0.05) is 44.2 Å². The third-order valence-corrected chi connectivity index (χ3v) is 4.40. The predicted octanol–water partition coefficient (Wildman–Crippen LogP) is 2.99. The molecule has 3 nitrogen and oxygen atoms in total. The minimum Gasteiger partial charge on any atom is -0.343 e. The maximum atomic E-state index is 12.5. The van der Waals surface area contributed by atoms with Crippen molar-refractivity contribution in [2.45, 2.75) is 44.6 Å². The van der Waals surface area contributed by atoms with Crippen LogP contribution in [-0.2, 0) is 10.2 Å². The number of nitrogens with zero attached hydrogens (tertiary/aromatic N) is 1. The monoisotopic (exact) mass is 310 g/mol. The zero-order valence-electron chi connectivity index (χ0n) is 13.3. The molecule has 0 atom stereocenters. The fourth-order valence-electron chi connectivity index (χ4n) is 2.90. The Morgan fingerprint density at radius 1 is 1.24 bits per heavy atom. The minimum absolute atomic E-state index is 0. The van der Waals surface area contributed by atoms with E-state index in [9.17, 15) is 4.79 Å². The van der Waals surface area contributed by atoms with Crippen molar-refractivity contribution in [3.63, 3.8) is 0 Å². The number of hydrogen-bond donors (Lipinski definition) is 1. The Balaban J connectivity index is 0.00000220. The number of benzene rings is 1. The van der Waals surface area contributed by atoms with Gasteiger partial charge in [0.2, 0.25) is 5.91 Å². The highest BCUT2D eigenvalue weighted by molar-refractivity contribution is 5.85. The standard InChI is InChI=1S/C17H26N2O.ClH/c1-17(2,14-7-5-4-6-8-14)13-16(20)19-11-9-15(18-3)10-12-19;/h4-8,15,18H,9-13H2,1-3H3;1H. The van der Waals surface area contributed by atoms with Crippen LogP contribution in [0.2, 0.25) is 0 Å². The van der Waals surface area contributed by atoms with Crippen LogP contribution in [0.4, 0.5) is 0 Å². The van der Waals surface area contributed by atoms with Gasteiger partial charge in [-0.15, -0.1) is 12.4 Å². The largest absolute Gasteiger partial charge is 0.343 e. The normalized spacial score (nSPS) is 16.4. The van der Waals surface area contributed by atoms with Gasteiger partial charge in [-0.3, -0.25) is 4.79 Å². The lowest BCUT2D eigenvalue weighted by Crippen LogP contribution is -2.45. The Morgan fingerprint density at radius 2 is 1.81 bits per heavy atom. The molecule has 4 heteroatoms. The van der Waals surface area contributed by atoms with E-state index in [1.165, 1.54) is 5.56 Å². The average molecular weight is 311 g/mol. The molecule has 0 aromatic heterocycles. The number of carbonyl (C=O) groups is 1. The van der Waals surface area contributed by atoms with Gasteiger partial charge in [0.05, 0.1) is 0 Å². The second-order valence-corrected chi connectivity index (χ2v) is 6.37. The van der Waals surface area contributed by atoms with Gasteiger partial charge < -0.3 is 10.2 Å². The molecule has 1 fully saturated rings. The highest BCUT2D eigenvalue weighted by Crippen LogP contribution is 2.28. The fraction of sp³-hybridized carbons (Fsp3) is 0.588. The first-order valence-electron chi connectivity index (χ1n) is 7.53. The number of rotatable bonds is 4. The van der Waals surface area contributed by atoms with Gasteiger partial charge in [-0.05, 0) is 30.9 Å². The quantitative estimate of drug-likeness (QED) is 0.927. The molecule has 21 heavy (non-hydrogen) atoms. The SMILES string of the molecule is CNC1CCN(C(=O)CC(C)(C)c2ccccc2)CC1.Cl. The molecule has 118 valence electrons. The van der Waals surface area contributed by atoms with Crippen LogP contribution in [0, 0.1) is 0 Å². The van der Waals surface area contributed by atoms with E-state index in [2.05, 4.69) is 31.3 Å². The first-order valence-corrected chi connectivity index (χ1v) is 7.53. The molecular formula is C17H27ClN2O. The van der Waals surface area contributed by atoms with Gasteiger partial charge in [0.25, 0.3) is 0 Å². The summed E-state index contributed by atoms with van der Waals surface area (Å²) in [5.41, 5.74) is 1.14. The summed E-state index contributed by atoms with van der Waals surface area (Å²) in [6.07, 6.45) is 2.71. The number of piperidine rings is 1. The first kappa shape index (κ1) is 18.0. The lowest BCUT2D eigenvalue weighted by molar-refractivity contribution is -0.133. The van der Waals surface area contributed by atoms with Crippen molar-refractivity contribution in [1.82, 2.24) is 10.2 Å². The van der Waals surface area contributed by atoms with Crippen LogP contribution in [-0.4, -0.2) is 37.0 Å².